The van der Waals surface area contributed by atoms with E-state index in [2.05, 4.69) is 15.5 Å². The number of esters is 1. The van der Waals surface area contributed by atoms with E-state index in [1.807, 2.05) is 34.9 Å². The number of benzene rings is 2. The number of thioether (sulfide) groups is 1. The quantitative estimate of drug-likeness (QED) is 0.309. The van der Waals surface area contributed by atoms with Gasteiger partial charge >= 0.3 is 5.97 Å². The molecule has 1 N–H and O–H groups in total. The number of carbonyl (C=O) groups excluding carboxylic acids is 2. The fourth-order valence-corrected chi connectivity index (χ4v) is 3.97. The molecule has 3 rings (SSSR count). The number of aryl methyl sites for hydroxylation is 1. The highest BCUT2D eigenvalue weighted by Crippen LogP contribution is 2.23. The van der Waals surface area contributed by atoms with Crippen molar-refractivity contribution < 1.29 is 23.8 Å². The third-order valence-corrected chi connectivity index (χ3v) is 5.85. The van der Waals surface area contributed by atoms with Crippen LogP contribution in [0, 0.1) is 0 Å². The second-order valence-corrected chi connectivity index (χ2v) is 8.11. The average Bonchev–Trinajstić information content (AvgIpc) is 3.26. The normalized spacial score (nSPS) is 10.6. The van der Waals surface area contributed by atoms with E-state index in [0.717, 1.165) is 12.0 Å². The van der Waals surface area contributed by atoms with Crippen LogP contribution in [0.25, 0.3) is 0 Å². The SMILES string of the molecule is CCOC(=O)CSc1nnc(CNC(=O)c2cc(OC)cc(OC)c2)n1CCc1ccccc1. The van der Waals surface area contributed by atoms with Crippen LogP contribution >= 0.6 is 11.8 Å². The average molecular weight is 485 g/mol. The lowest BCUT2D eigenvalue weighted by molar-refractivity contribution is -0.139. The molecule has 0 fully saturated rings. The summed E-state index contributed by atoms with van der Waals surface area (Å²) in [5.41, 5.74) is 1.57. The molecule has 1 aromatic heterocycles. The van der Waals surface area contributed by atoms with Crippen LogP contribution in [0.4, 0.5) is 0 Å². The van der Waals surface area contributed by atoms with E-state index < -0.39 is 0 Å². The van der Waals surface area contributed by atoms with Crippen molar-refractivity contribution in [3.63, 3.8) is 0 Å². The molecule has 10 heteroatoms. The Labute approximate surface area is 202 Å². The number of ether oxygens (including phenoxy) is 3. The van der Waals surface area contributed by atoms with Gasteiger partial charge in [-0.15, -0.1) is 10.2 Å². The Morgan fingerprint density at radius 2 is 1.74 bits per heavy atom. The Morgan fingerprint density at radius 3 is 2.38 bits per heavy atom. The minimum Gasteiger partial charge on any atom is -0.497 e. The third kappa shape index (κ3) is 6.98. The molecule has 1 heterocycles. The highest BCUT2D eigenvalue weighted by atomic mass is 32.2. The van der Waals surface area contributed by atoms with Crippen LogP contribution in [-0.2, 0) is 29.0 Å². The maximum atomic E-state index is 12.8. The number of nitrogens with zero attached hydrogens (tertiary/aromatic N) is 3. The van der Waals surface area contributed by atoms with Gasteiger partial charge in [-0.1, -0.05) is 42.1 Å². The highest BCUT2D eigenvalue weighted by molar-refractivity contribution is 7.99. The molecule has 1 amide bonds. The first-order valence-corrected chi connectivity index (χ1v) is 11.8. The second-order valence-electron chi connectivity index (χ2n) is 7.16. The Hall–Kier alpha value is -3.53. The molecule has 2 aromatic carbocycles. The van der Waals surface area contributed by atoms with Gasteiger partial charge in [-0.3, -0.25) is 9.59 Å². The van der Waals surface area contributed by atoms with Crippen LogP contribution in [0.15, 0.2) is 53.7 Å². The Kier molecular flexibility index (Phi) is 9.33. The van der Waals surface area contributed by atoms with E-state index in [-0.39, 0.29) is 24.2 Å². The maximum Gasteiger partial charge on any atom is 0.316 e. The molecule has 0 unspecified atom stereocenters. The van der Waals surface area contributed by atoms with Gasteiger partial charge in [0.15, 0.2) is 11.0 Å². The number of rotatable bonds is 12. The van der Waals surface area contributed by atoms with Crippen LogP contribution in [0.5, 0.6) is 11.5 Å². The molecular weight excluding hydrogens is 456 g/mol. The van der Waals surface area contributed by atoms with Gasteiger partial charge in [-0.2, -0.15) is 0 Å². The van der Waals surface area contributed by atoms with Crippen LogP contribution in [0.1, 0.15) is 28.7 Å². The summed E-state index contributed by atoms with van der Waals surface area (Å²) in [7, 11) is 3.06. The maximum absolute atomic E-state index is 12.8. The van der Waals surface area contributed by atoms with Crippen LogP contribution in [-0.4, -0.2) is 53.2 Å². The molecular formula is C24H28N4O5S. The molecule has 9 nitrogen and oxygen atoms in total. The summed E-state index contributed by atoms with van der Waals surface area (Å²) in [6, 6.07) is 15.0. The van der Waals surface area contributed by atoms with Crippen molar-refractivity contribution in [1.29, 1.82) is 0 Å². The summed E-state index contributed by atoms with van der Waals surface area (Å²) in [5, 5.41) is 12.0. The molecule has 0 saturated carbocycles. The fourth-order valence-electron chi connectivity index (χ4n) is 3.19. The molecule has 34 heavy (non-hydrogen) atoms. The van der Waals surface area contributed by atoms with Crippen LogP contribution in [0.2, 0.25) is 0 Å². The molecule has 3 aromatic rings. The van der Waals surface area contributed by atoms with E-state index in [1.54, 1.807) is 25.1 Å². The van der Waals surface area contributed by atoms with Gasteiger partial charge in [0.25, 0.3) is 5.91 Å². The molecule has 0 aliphatic carbocycles. The van der Waals surface area contributed by atoms with Crippen molar-refractivity contribution in [2.45, 2.75) is 31.6 Å². The van der Waals surface area contributed by atoms with Crippen LogP contribution in [0.3, 0.4) is 0 Å². The molecule has 0 radical (unpaired) electrons. The number of carbonyl (C=O) groups is 2. The zero-order valence-corrected chi connectivity index (χ0v) is 20.3. The van der Waals surface area contributed by atoms with E-state index in [1.165, 1.54) is 26.0 Å². The van der Waals surface area contributed by atoms with Gasteiger partial charge in [-0.05, 0) is 31.0 Å². The first-order valence-electron chi connectivity index (χ1n) is 10.8. The molecule has 0 bridgehead atoms. The van der Waals surface area contributed by atoms with Gasteiger partial charge in [-0.25, -0.2) is 0 Å². The van der Waals surface area contributed by atoms with Gasteiger partial charge < -0.3 is 24.1 Å². The zero-order valence-electron chi connectivity index (χ0n) is 19.4. The van der Waals surface area contributed by atoms with E-state index in [4.69, 9.17) is 14.2 Å². The largest absolute Gasteiger partial charge is 0.497 e. The van der Waals surface area contributed by atoms with Crippen LogP contribution < -0.4 is 14.8 Å². The molecule has 0 atom stereocenters. The van der Waals surface area contributed by atoms with E-state index in [9.17, 15) is 9.59 Å². The number of amides is 1. The van der Waals surface area contributed by atoms with Crippen molar-refractivity contribution in [3.05, 3.63) is 65.5 Å². The van der Waals surface area contributed by atoms with Crippen molar-refractivity contribution in [2.75, 3.05) is 26.6 Å². The number of methoxy groups -OCH3 is 2. The summed E-state index contributed by atoms with van der Waals surface area (Å²) >= 11 is 1.26. The van der Waals surface area contributed by atoms with Crippen molar-refractivity contribution in [1.82, 2.24) is 20.1 Å². The van der Waals surface area contributed by atoms with Crippen molar-refractivity contribution in [2.24, 2.45) is 0 Å². The monoisotopic (exact) mass is 484 g/mol. The summed E-state index contributed by atoms with van der Waals surface area (Å²) in [6.45, 7) is 2.86. The summed E-state index contributed by atoms with van der Waals surface area (Å²) in [6.07, 6.45) is 0.750. The molecule has 0 saturated heterocycles. The van der Waals surface area contributed by atoms with Gasteiger partial charge in [0.1, 0.15) is 11.5 Å². The third-order valence-electron chi connectivity index (χ3n) is 4.91. The highest BCUT2D eigenvalue weighted by Gasteiger charge is 2.17. The first-order chi connectivity index (χ1) is 16.5. The lowest BCUT2D eigenvalue weighted by Gasteiger charge is -2.12. The van der Waals surface area contributed by atoms with E-state index in [0.29, 0.717) is 41.2 Å². The smallest absolute Gasteiger partial charge is 0.316 e. The Balaban J connectivity index is 1.74. The number of aromatic nitrogens is 3. The predicted octanol–water partition coefficient (Wildman–Crippen LogP) is 3.12. The lowest BCUT2D eigenvalue weighted by atomic mass is 10.1. The number of hydrogen-bond donors (Lipinski definition) is 1. The second kappa shape index (κ2) is 12.6. The van der Waals surface area contributed by atoms with Crippen molar-refractivity contribution in [3.8, 4) is 11.5 Å². The van der Waals surface area contributed by atoms with Gasteiger partial charge in [0.2, 0.25) is 0 Å². The minimum atomic E-state index is -0.313. The summed E-state index contributed by atoms with van der Waals surface area (Å²) < 4.78 is 17.4. The lowest BCUT2D eigenvalue weighted by Crippen LogP contribution is -2.25. The number of nitrogens with one attached hydrogen (secondary N) is 1. The minimum absolute atomic E-state index is 0.132. The van der Waals surface area contributed by atoms with Crippen molar-refractivity contribution >= 4 is 23.6 Å². The topological polar surface area (TPSA) is 105 Å². The molecule has 180 valence electrons. The molecule has 0 spiro atoms. The number of hydrogen-bond acceptors (Lipinski definition) is 8. The van der Waals surface area contributed by atoms with Gasteiger partial charge in [0, 0.05) is 18.2 Å². The summed E-state index contributed by atoms with van der Waals surface area (Å²) in [4.78, 5) is 24.6. The fraction of sp³-hybridized carbons (Fsp3) is 0.333. The Bertz CT molecular complexity index is 1080. The zero-order chi connectivity index (χ0) is 24.3. The predicted molar refractivity (Wildman–Crippen MR) is 128 cm³/mol. The molecule has 0 aliphatic rings. The standard InChI is InChI=1S/C24H28N4O5S/c1-4-33-22(29)16-34-24-27-26-21(28(24)11-10-17-8-6-5-7-9-17)15-25-23(30)18-12-19(31-2)14-20(13-18)32-3/h5-9,12-14H,4,10-11,15-16H2,1-3H3,(H,25,30). The Morgan fingerprint density at radius 1 is 1.03 bits per heavy atom. The van der Waals surface area contributed by atoms with Gasteiger partial charge in [0.05, 0.1) is 33.1 Å². The summed E-state index contributed by atoms with van der Waals surface area (Å²) in [5.74, 6) is 1.15. The first kappa shape index (κ1) is 25.1. The van der Waals surface area contributed by atoms with E-state index >= 15 is 0 Å². The molecule has 0 aliphatic heterocycles.